The number of esters is 1. The van der Waals surface area contributed by atoms with Crippen molar-refractivity contribution in [3.05, 3.63) is 23.7 Å². The van der Waals surface area contributed by atoms with Crippen LogP contribution in [0, 0.1) is 6.92 Å². The van der Waals surface area contributed by atoms with Crippen LogP contribution in [0.3, 0.4) is 0 Å². The van der Waals surface area contributed by atoms with Crippen molar-refractivity contribution >= 4 is 5.97 Å². The summed E-state index contributed by atoms with van der Waals surface area (Å²) < 4.78 is 10.3. The van der Waals surface area contributed by atoms with Crippen molar-refractivity contribution in [1.29, 1.82) is 0 Å². The Hall–Kier alpha value is -1.29. The zero-order valence-electron chi connectivity index (χ0n) is 10.2. The molecule has 4 nitrogen and oxygen atoms in total. The molecule has 0 aliphatic carbocycles. The number of furan rings is 1. The van der Waals surface area contributed by atoms with E-state index in [-0.39, 0.29) is 18.4 Å². The van der Waals surface area contributed by atoms with Gasteiger partial charge in [0.05, 0.1) is 18.9 Å². The lowest BCUT2D eigenvalue weighted by Gasteiger charge is -2.30. The van der Waals surface area contributed by atoms with Crippen LogP contribution in [0.15, 0.2) is 16.5 Å². The Balaban J connectivity index is 3.01. The standard InChI is InChI=1S/C12H19NO3/c1-8-5-6-10(16-8)12(3,9(2)13)7-11(14)15-4/h5-6,9H,7,13H2,1-4H3. The molecule has 1 rings (SSSR count). The maximum absolute atomic E-state index is 11.4. The highest BCUT2D eigenvalue weighted by Crippen LogP contribution is 2.32. The summed E-state index contributed by atoms with van der Waals surface area (Å²) in [6, 6.07) is 3.53. The van der Waals surface area contributed by atoms with Crippen LogP contribution in [0.5, 0.6) is 0 Å². The fourth-order valence-electron chi connectivity index (χ4n) is 1.59. The Morgan fingerprint density at radius 1 is 1.62 bits per heavy atom. The average molecular weight is 225 g/mol. The van der Waals surface area contributed by atoms with Crippen molar-refractivity contribution < 1.29 is 13.9 Å². The third-order valence-corrected chi connectivity index (χ3v) is 3.05. The second-order valence-corrected chi connectivity index (χ2v) is 4.37. The highest BCUT2D eigenvalue weighted by molar-refractivity contribution is 5.71. The third kappa shape index (κ3) is 2.44. The lowest BCUT2D eigenvalue weighted by Crippen LogP contribution is -2.42. The molecule has 90 valence electrons. The molecule has 0 bridgehead atoms. The molecule has 1 aromatic heterocycles. The monoisotopic (exact) mass is 225 g/mol. The van der Waals surface area contributed by atoms with Crippen LogP contribution in [-0.4, -0.2) is 19.1 Å². The molecular formula is C12H19NO3. The molecule has 0 aliphatic heterocycles. The maximum atomic E-state index is 11.4. The molecule has 0 aliphatic rings. The summed E-state index contributed by atoms with van der Waals surface area (Å²) >= 11 is 0. The van der Waals surface area contributed by atoms with Gasteiger partial charge in [-0.25, -0.2) is 0 Å². The SMILES string of the molecule is COC(=O)CC(C)(c1ccc(C)o1)C(C)N. The molecule has 1 aromatic rings. The van der Waals surface area contributed by atoms with Crippen LogP contribution >= 0.6 is 0 Å². The maximum Gasteiger partial charge on any atom is 0.306 e. The van der Waals surface area contributed by atoms with Crippen LogP contribution in [0.4, 0.5) is 0 Å². The summed E-state index contributed by atoms with van der Waals surface area (Å²) in [6.07, 6.45) is 0.216. The Labute approximate surface area is 95.8 Å². The summed E-state index contributed by atoms with van der Waals surface area (Å²) in [4.78, 5) is 11.4. The van der Waals surface area contributed by atoms with Crippen molar-refractivity contribution in [2.45, 2.75) is 38.6 Å². The molecule has 4 heteroatoms. The van der Waals surface area contributed by atoms with Crippen LogP contribution in [0.1, 0.15) is 31.8 Å². The highest BCUT2D eigenvalue weighted by atomic mass is 16.5. The summed E-state index contributed by atoms with van der Waals surface area (Å²) in [5.41, 5.74) is 5.42. The highest BCUT2D eigenvalue weighted by Gasteiger charge is 2.36. The Morgan fingerprint density at radius 2 is 2.25 bits per heavy atom. The van der Waals surface area contributed by atoms with E-state index in [1.54, 1.807) is 0 Å². The van der Waals surface area contributed by atoms with E-state index in [0.29, 0.717) is 0 Å². The summed E-state index contributed by atoms with van der Waals surface area (Å²) in [6.45, 7) is 5.64. The van der Waals surface area contributed by atoms with Crippen LogP contribution in [-0.2, 0) is 14.9 Å². The number of ether oxygens (including phenoxy) is 1. The van der Waals surface area contributed by atoms with Crippen molar-refractivity contribution in [3.8, 4) is 0 Å². The first-order valence-electron chi connectivity index (χ1n) is 5.29. The number of nitrogens with two attached hydrogens (primary N) is 1. The molecule has 2 unspecified atom stereocenters. The number of methoxy groups -OCH3 is 1. The lowest BCUT2D eigenvalue weighted by atomic mass is 9.78. The van der Waals surface area contributed by atoms with Crippen LogP contribution < -0.4 is 5.73 Å². The molecule has 0 spiro atoms. The normalized spacial score (nSPS) is 16.6. The predicted molar refractivity (Wildman–Crippen MR) is 61.1 cm³/mol. The topological polar surface area (TPSA) is 65.5 Å². The van der Waals surface area contributed by atoms with Gasteiger partial charge in [0, 0.05) is 6.04 Å². The van der Waals surface area contributed by atoms with Gasteiger partial charge in [-0.15, -0.1) is 0 Å². The molecular weight excluding hydrogens is 206 g/mol. The number of carbonyl (C=O) groups excluding carboxylic acids is 1. The van der Waals surface area contributed by atoms with E-state index in [9.17, 15) is 4.79 Å². The molecule has 0 saturated carbocycles. The summed E-state index contributed by atoms with van der Waals surface area (Å²) in [5, 5.41) is 0. The fourth-order valence-corrected chi connectivity index (χ4v) is 1.59. The van der Waals surface area contributed by atoms with Crippen molar-refractivity contribution in [1.82, 2.24) is 0 Å². The average Bonchev–Trinajstić information content (AvgIpc) is 2.64. The van der Waals surface area contributed by atoms with Crippen LogP contribution in [0.25, 0.3) is 0 Å². The molecule has 0 amide bonds. The van der Waals surface area contributed by atoms with Crippen molar-refractivity contribution in [2.75, 3.05) is 7.11 Å². The molecule has 0 fully saturated rings. The zero-order valence-corrected chi connectivity index (χ0v) is 10.2. The van der Waals surface area contributed by atoms with Gasteiger partial charge in [-0.05, 0) is 26.0 Å². The Kier molecular flexibility index (Phi) is 3.75. The molecule has 0 saturated heterocycles. The first-order chi connectivity index (χ1) is 7.40. The van der Waals surface area contributed by atoms with E-state index in [0.717, 1.165) is 11.5 Å². The van der Waals surface area contributed by atoms with Crippen molar-refractivity contribution in [2.24, 2.45) is 5.73 Å². The first kappa shape index (κ1) is 12.8. The summed E-state index contributed by atoms with van der Waals surface area (Å²) in [7, 11) is 1.37. The number of hydrogen-bond acceptors (Lipinski definition) is 4. The molecule has 16 heavy (non-hydrogen) atoms. The predicted octanol–water partition coefficient (Wildman–Crippen LogP) is 1.76. The zero-order chi connectivity index (χ0) is 12.3. The molecule has 1 heterocycles. The van der Waals surface area contributed by atoms with Gasteiger partial charge in [-0.2, -0.15) is 0 Å². The van der Waals surface area contributed by atoms with E-state index in [1.165, 1.54) is 7.11 Å². The van der Waals surface area contributed by atoms with Gasteiger partial charge in [0.1, 0.15) is 11.5 Å². The fraction of sp³-hybridized carbons (Fsp3) is 0.583. The van der Waals surface area contributed by atoms with Gasteiger partial charge in [0.2, 0.25) is 0 Å². The minimum absolute atomic E-state index is 0.197. The van der Waals surface area contributed by atoms with Gasteiger partial charge in [0.15, 0.2) is 0 Å². The van der Waals surface area contributed by atoms with Crippen LogP contribution in [0.2, 0.25) is 0 Å². The molecule has 0 aromatic carbocycles. The summed E-state index contributed by atoms with van der Waals surface area (Å²) in [5.74, 6) is 1.26. The van der Waals surface area contributed by atoms with E-state index in [1.807, 2.05) is 32.9 Å². The minimum atomic E-state index is -0.526. The molecule has 2 N–H and O–H groups in total. The van der Waals surface area contributed by atoms with Gasteiger partial charge in [0.25, 0.3) is 0 Å². The van der Waals surface area contributed by atoms with Gasteiger partial charge in [-0.3, -0.25) is 4.79 Å². The smallest absolute Gasteiger partial charge is 0.306 e. The van der Waals surface area contributed by atoms with Gasteiger partial charge < -0.3 is 14.9 Å². The largest absolute Gasteiger partial charge is 0.469 e. The first-order valence-corrected chi connectivity index (χ1v) is 5.29. The van der Waals surface area contributed by atoms with E-state index in [2.05, 4.69) is 4.74 Å². The number of aryl methyl sites for hydroxylation is 1. The Morgan fingerprint density at radius 3 is 2.62 bits per heavy atom. The quantitative estimate of drug-likeness (QED) is 0.793. The van der Waals surface area contributed by atoms with E-state index < -0.39 is 5.41 Å². The van der Waals surface area contributed by atoms with Crippen molar-refractivity contribution in [3.63, 3.8) is 0 Å². The number of carbonyl (C=O) groups is 1. The number of rotatable bonds is 4. The van der Waals surface area contributed by atoms with Gasteiger partial charge >= 0.3 is 5.97 Å². The van der Waals surface area contributed by atoms with Gasteiger partial charge in [-0.1, -0.05) is 6.92 Å². The third-order valence-electron chi connectivity index (χ3n) is 3.05. The second kappa shape index (κ2) is 4.70. The molecule has 2 atom stereocenters. The number of hydrogen-bond donors (Lipinski definition) is 1. The lowest BCUT2D eigenvalue weighted by molar-refractivity contribution is -0.142. The second-order valence-electron chi connectivity index (χ2n) is 4.37. The van der Waals surface area contributed by atoms with E-state index in [4.69, 9.17) is 10.2 Å². The minimum Gasteiger partial charge on any atom is -0.469 e. The van der Waals surface area contributed by atoms with E-state index >= 15 is 0 Å². The molecule has 0 radical (unpaired) electrons. The Bertz CT molecular complexity index is 370.